The minimum absolute atomic E-state index is 0.00108. The third kappa shape index (κ3) is 3.15. The van der Waals surface area contributed by atoms with Crippen molar-refractivity contribution in [1.29, 1.82) is 0 Å². The second-order valence-electron chi connectivity index (χ2n) is 3.98. The molecule has 0 aliphatic carbocycles. The van der Waals surface area contributed by atoms with Crippen LogP contribution in [0.1, 0.15) is 5.69 Å². The average molecular weight is 313 g/mol. The normalized spacial score (nSPS) is 10.3. The van der Waals surface area contributed by atoms with E-state index in [9.17, 15) is 14.5 Å². The maximum absolute atomic E-state index is 13.0. The van der Waals surface area contributed by atoms with Gasteiger partial charge in [0.15, 0.2) is 0 Å². The Morgan fingerprint density at radius 3 is 2.71 bits per heavy atom. The van der Waals surface area contributed by atoms with Gasteiger partial charge in [-0.25, -0.2) is 15.2 Å². The molecule has 0 spiro atoms. The van der Waals surface area contributed by atoms with E-state index in [1.165, 1.54) is 13.0 Å². The lowest BCUT2D eigenvalue weighted by molar-refractivity contribution is -0.385. The van der Waals surface area contributed by atoms with Crippen LogP contribution < -0.4 is 16.6 Å². The molecule has 110 valence electrons. The predicted molar refractivity (Wildman–Crippen MR) is 75.9 cm³/mol. The van der Waals surface area contributed by atoms with E-state index >= 15 is 0 Å². The molecule has 0 aliphatic heterocycles. The molecule has 4 N–H and O–H groups in total. The van der Waals surface area contributed by atoms with Crippen molar-refractivity contribution >= 4 is 34.7 Å². The topological polar surface area (TPSA) is 119 Å². The molecule has 0 atom stereocenters. The molecule has 1 aromatic carbocycles. The Labute approximate surface area is 123 Å². The molecule has 0 saturated carbocycles. The summed E-state index contributed by atoms with van der Waals surface area (Å²) in [6.07, 6.45) is 0. The van der Waals surface area contributed by atoms with Gasteiger partial charge in [0.1, 0.15) is 11.5 Å². The lowest BCUT2D eigenvalue weighted by atomic mass is 10.3. The first kappa shape index (κ1) is 14.9. The zero-order valence-corrected chi connectivity index (χ0v) is 11.5. The number of aromatic nitrogens is 2. The molecule has 1 aromatic heterocycles. The van der Waals surface area contributed by atoms with Gasteiger partial charge in [0, 0.05) is 0 Å². The van der Waals surface area contributed by atoms with Crippen molar-refractivity contribution in [2.24, 2.45) is 5.84 Å². The molecular formula is C11H10ClFN6O2. The number of hydrogen-bond donors (Lipinski definition) is 3. The first-order chi connectivity index (χ1) is 9.92. The molecule has 2 rings (SSSR count). The molecule has 10 heteroatoms. The van der Waals surface area contributed by atoms with E-state index in [0.29, 0.717) is 0 Å². The van der Waals surface area contributed by atoms with Gasteiger partial charge in [0.25, 0.3) is 0 Å². The maximum atomic E-state index is 13.0. The third-order valence-corrected chi connectivity index (χ3v) is 2.87. The largest absolute Gasteiger partial charge is 0.333 e. The molecule has 0 radical (unpaired) electrons. The molecule has 0 saturated heterocycles. The van der Waals surface area contributed by atoms with Gasteiger partial charge in [-0.1, -0.05) is 11.6 Å². The number of nitrogens with one attached hydrogen (secondary N) is 2. The van der Waals surface area contributed by atoms with Crippen molar-refractivity contribution in [1.82, 2.24) is 9.97 Å². The Morgan fingerprint density at radius 1 is 1.43 bits per heavy atom. The number of nitrogens with two attached hydrogens (primary N) is 1. The predicted octanol–water partition coefficient (Wildman–Crippen LogP) is 2.51. The zero-order chi connectivity index (χ0) is 15.6. The van der Waals surface area contributed by atoms with Crippen molar-refractivity contribution in [3.8, 4) is 0 Å². The number of halogens is 2. The highest BCUT2D eigenvalue weighted by Crippen LogP contribution is 2.32. The lowest BCUT2D eigenvalue weighted by Crippen LogP contribution is -2.13. The van der Waals surface area contributed by atoms with Crippen LogP contribution in [0.25, 0.3) is 0 Å². The molecule has 0 fully saturated rings. The van der Waals surface area contributed by atoms with Crippen LogP contribution >= 0.6 is 11.6 Å². The third-order valence-electron chi connectivity index (χ3n) is 2.55. The standard InChI is InChI=1S/C11H10ClFN6O2/c1-5-9(19(20)21)10(17-11(15-5)18-14)16-8-3-2-6(13)4-7(8)12/h2-4H,14H2,1H3,(H2,15,16,17,18). The quantitative estimate of drug-likeness (QED) is 0.451. The number of hydrogen-bond acceptors (Lipinski definition) is 7. The summed E-state index contributed by atoms with van der Waals surface area (Å²) < 4.78 is 13.0. The molecule has 0 bridgehead atoms. The van der Waals surface area contributed by atoms with Crippen LogP contribution in [0.15, 0.2) is 18.2 Å². The van der Waals surface area contributed by atoms with Crippen LogP contribution in [0.4, 0.5) is 27.5 Å². The number of rotatable bonds is 4. The SMILES string of the molecule is Cc1nc(NN)nc(Nc2ccc(F)cc2Cl)c1[N+](=O)[O-]. The van der Waals surface area contributed by atoms with Crippen LogP contribution in [0.2, 0.25) is 5.02 Å². The molecular weight excluding hydrogens is 303 g/mol. The van der Waals surface area contributed by atoms with Crippen LogP contribution in [0, 0.1) is 22.9 Å². The fraction of sp³-hybridized carbons (Fsp3) is 0.0909. The van der Waals surface area contributed by atoms with E-state index in [1.807, 2.05) is 0 Å². The smallest absolute Gasteiger partial charge is 0.332 e. The van der Waals surface area contributed by atoms with Crippen LogP contribution in [-0.4, -0.2) is 14.9 Å². The van der Waals surface area contributed by atoms with Crippen molar-refractivity contribution in [2.75, 3.05) is 10.7 Å². The van der Waals surface area contributed by atoms with Gasteiger partial charge in [0.05, 0.1) is 15.6 Å². The Bertz CT molecular complexity index is 711. The summed E-state index contributed by atoms with van der Waals surface area (Å²) in [5.74, 6) is 4.58. The minimum Gasteiger partial charge on any atom is -0.333 e. The fourth-order valence-corrected chi connectivity index (χ4v) is 1.87. The van der Waals surface area contributed by atoms with E-state index in [0.717, 1.165) is 12.1 Å². The number of aryl methyl sites for hydroxylation is 1. The van der Waals surface area contributed by atoms with Gasteiger partial charge >= 0.3 is 5.69 Å². The second kappa shape index (κ2) is 5.85. The number of nitro groups is 1. The average Bonchev–Trinajstić information content (AvgIpc) is 2.40. The van der Waals surface area contributed by atoms with Gasteiger partial charge in [-0.05, 0) is 25.1 Å². The first-order valence-electron chi connectivity index (χ1n) is 5.64. The molecule has 0 aliphatic rings. The van der Waals surface area contributed by atoms with Crippen molar-refractivity contribution in [2.45, 2.75) is 6.92 Å². The number of anilines is 3. The Kier molecular flexibility index (Phi) is 4.15. The summed E-state index contributed by atoms with van der Waals surface area (Å²) in [5, 5.41) is 13.8. The van der Waals surface area contributed by atoms with Crippen molar-refractivity contribution in [3.63, 3.8) is 0 Å². The molecule has 0 amide bonds. The van der Waals surface area contributed by atoms with E-state index < -0.39 is 10.7 Å². The van der Waals surface area contributed by atoms with E-state index in [1.54, 1.807) is 0 Å². The van der Waals surface area contributed by atoms with Crippen LogP contribution in [-0.2, 0) is 0 Å². The summed E-state index contributed by atoms with van der Waals surface area (Å²) in [4.78, 5) is 18.2. The number of hydrazine groups is 1. The number of nitrogens with zero attached hydrogens (tertiary/aromatic N) is 3. The summed E-state index contributed by atoms with van der Waals surface area (Å²) >= 11 is 5.87. The van der Waals surface area contributed by atoms with Gasteiger partial charge in [0.2, 0.25) is 11.8 Å². The van der Waals surface area contributed by atoms with Gasteiger partial charge in [-0.15, -0.1) is 0 Å². The zero-order valence-electron chi connectivity index (χ0n) is 10.7. The summed E-state index contributed by atoms with van der Waals surface area (Å²) in [6, 6.07) is 3.58. The van der Waals surface area contributed by atoms with Gasteiger partial charge < -0.3 is 5.32 Å². The van der Waals surface area contributed by atoms with Gasteiger partial charge in [-0.2, -0.15) is 4.98 Å². The van der Waals surface area contributed by atoms with Crippen LogP contribution in [0.3, 0.4) is 0 Å². The maximum Gasteiger partial charge on any atom is 0.332 e. The Hall–Kier alpha value is -2.52. The second-order valence-corrected chi connectivity index (χ2v) is 4.39. The molecule has 1 heterocycles. The van der Waals surface area contributed by atoms with Crippen LogP contribution in [0.5, 0.6) is 0 Å². The molecule has 21 heavy (non-hydrogen) atoms. The van der Waals surface area contributed by atoms with E-state index in [-0.39, 0.29) is 33.9 Å². The van der Waals surface area contributed by atoms with E-state index in [2.05, 4.69) is 20.7 Å². The highest BCUT2D eigenvalue weighted by atomic mass is 35.5. The van der Waals surface area contributed by atoms with Gasteiger partial charge in [-0.3, -0.25) is 15.5 Å². The van der Waals surface area contributed by atoms with Crippen molar-refractivity contribution in [3.05, 3.63) is 44.8 Å². The molecule has 0 unspecified atom stereocenters. The fourth-order valence-electron chi connectivity index (χ4n) is 1.66. The Morgan fingerprint density at radius 2 is 2.14 bits per heavy atom. The lowest BCUT2D eigenvalue weighted by Gasteiger charge is -2.10. The summed E-state index contributed by atoms with van der Waals surface area (Å²) in [5.41, 5.74) is 2.26. The van der Waals surface area contributed by atoms with Crippen molar-refractivity contribution < 1.29 is 9.31 Å². The monoisotopic (exact) mass is 312 g/mol. The minimum atomic E-state index is -0.630. The number of benzene rings is 1. The first-order valence-corrected chi connectivity index (χ1v) is 6.02. The highest BCUT2D eigenvalue weighted by Gasteiger charge is 2.22. The summed E-state index contributed by atoms with van der Waals surface area (Å²) in [7, 11) is 0. The molecule has 2 aromatic rings. The van der Waals surface area contributed by atoms with E-state index in [4.69, 9.17) is 17.4 Å². The highest BCUT2D eigenvalue weighted by molar-refractivity contribution is 6.33. The Balaban J connectivity index is 2.51. The number of nitrogen functional groups attached to an aromatic ring is 1. The summed E-state index contributed by atoms with van der Waals surface area (Å²) in [6.45, 7) is 1.44. The molecule has 8 nitrogen and oxygen atoms in total.